The maximum atomic E-state index is 6.01. The minimum atomic E-state index is 0.438. The third-order valence-corrected chi connectivity index (χ3v) is 2.73. The molecule has 0 spiro atoms. The van der Waals surface area contributed by atoms with Crippen LogP contribution in [0.1, 0.15) is 20.3 Å². The van der Waals surface area contributed by atoms with Gasteiger partial charge in [0.25, 0.3) is 0 Å². The summed E-state index contributed by atoms with van der Waals surface area (Å²) in [5.74, 6) is 1.29. The molecule has 18 heavy (non-hydrogen) atoms. The van der Waals surface area contributed by atoms with Gasteiger partial charge in [-0.3, -0.25) is 0 Å². The Hall–Kier alpha value is -0.930. The molecule has 0 bridgehead atoms. The lowest BCUT2D eigenvalue weighted by atomic mass is 10.2. The molecular weight excluding hydrogens is 250 g/mol. The van der Waals surface area contributed by atoms with Crippen molar-refractivity contribution in [3.8, 4) is 5.75 Å². The zero-order valence-electron chi connectivity index (χ0n) is 11.3. The van der Waals surface area contributed by atoms with E-state index in [1.165, 1.54) is 0 Å². The van der Waals surface area contributed by atoms with Crippen LogP contribution in [0.15, 0.2) is 18.2 Å². The third-order valence-electron chi connectivity index (χ3n) is 2.50. The first-order chi connectivity index (χ1) is 8.67. The maximum Gasteiger partial charge on any atom is 0.142 e. The highest BCUT2D eigenvalue weighted by molar-refractivity contribution is 6.30. The summed E-state index contributed by atoms with van der Waals surface area (Å²) in [5, 5.41) is 4.07. The van der Waals surface area contributed by atoms with Gasteiger partial charge in [-0.05, 0) is 30.5 Å². The monoisotopic (exact) mass is 271 g/mol. The molecule has 0 aliphatic heterocycles. The van der Waals surface area contributed by atoms with Crippen LogP contribution in [0.3, 0.4) is 0 Å². The zero-order valence-corrected chi connectivity index (χ0v) is 12.1. The Balaban J connectivity index is 2.63. The summed E-state index contributed by atoms with van der Waals surface area (Å²) in [6.45, 7) is 6.50. The fraction of sp³-hybridized carbons (Fsp3) is 0.571. The van der Waals surface area contributed by atoms with Gasteiger partial charge in [-0.15, -0.1) is 0 Å². The Labute approximate surface area is 114 Å². The van der Waals surface area contributed by atoms with Gasteiger partial charge in [0.2, 0.25) is 0 Å². The minimum Gasteiger partial charge on any atom is -0.491 e. The molecule has 1 aromatic rings. The van der Waals surface area contributed by atoms with Crippen molar-refractivity contribution in [2.45, 2.75) is 20.3 Å². The number of methoxy groups -OCH3 is 1. The highest BCUT2D eigenvalue weighted by Crippen LogP contribution is 2.28. The number of ether oxygens (including phenoxy) is 2. The van der Waals surface area contributed by atoms with Crippen molar-refractivity contribution in [2.24, 2.45) is 5.92 Å². The van der Waals surface area contributed by atoms with Crippen molar-refractivity contribution in [3.63, 3.8) is 0 Å². The Morgan fingerprint density at radius 2 is 2.17 bits per heavy atom. The van der Waals surface area contributed by atoms with Crippen LogP contribution in [0, 0.1) is 5.92 Å². The number of halogens is 1. The van der Waals surface area contributed by atoms with Crippen molar-refractivity contribution < 1.29 is 9.47 Å². The lowest BCUT2D eigenvalue weighted by Gasteiger charge is -2.16. The summed E-state index contributed by atoms with van der Waals surface area (Å²) < 4.78 is 10.8. The molecule has 4 heteroatoms. The van der Waals surface area contributed by atoms with Crippen LogP contribution in [0.2, 0.25) is 5.02 Å². The van der Waals surface area contributed by atoms with Gasteiger partial charge in [0.05, 0.1) is 18.9 Å². The summed E-state index contributed by atoms with van der Waals surface area (Å²) in [7, 11) is 1.71. The van der Waals surface area contributed by atoms with E-state index in [9.17, 15) is 0 Å². The molecule has 1 unspecified atom stereocenters. The molecule has 0 heterocycles. The Morgan fingerprint density at radius 3 is 2.83 bits per heavy atom. The van der Waals surface area contributed by atoms with Crippen LogP contribution in [0.25, 0.3) is 0 Å². The van der Waals surface area contributed by atoms with E-state index < -0.39 is 0 Å². The number of benzene rings is 1. The van der Waals surface area contributed by atoms with Gasteiger partial charge in [0, 0.05) is 18.7 Å². The van der Waals surface area contributed by atoms with Crippen molar-refractivity contribution >= 4 is 17.3 Å². The van der Waals surface area contributed by atoms with E-state index in [1.807, 2.05) is 18.2 Å². The molecule has 1 aromatic carbocycles. The van der Waals surface area contributed by atoms with E-state index in [1.54, 1.807) is 7.11 Å². The summed E-state index contributed by atoms with van der Waals surface area (Å²) in [6.07, 6.45) is 0.988. The van der Waals surface area contributed by atoms with Crippen LogP contribution in [-0.2, 0) is 4.74 Å². The molecule has 3 nitrogen and oxygen atoms in total. The minimum absolute atomic E-state index is 0.438. The average Bonchev–Trinajstić information content (AvgIpc) is 2.35. The molecule has 1 rings (SSSR count). The predicted octanol–water partition coefficient (Wildman–Crippen LogP) is 3.82. The Bertz CT molecular complexity index is 358. The lowest BCUT2D eigenvalue weighted by Crippen LogP contribution is -2.16. The molecule has 1 atom stereocenters. The van der Waals surface area contributed by atoms with E-state index >= 15 is 0 Å². The predicted molar refractivity (Wildman–Crippen MR) is 76.8 cm³/mol. The van der Waals surface area contributed by atoms with Crippen LogP contribution in [0.5, 0.6) is 5.75 Å². The molecule has 0 aromatic heterocycles. The highest BCUT2D eigenvalue weighted by atomic mass is 35.5. The standard InChI is InChI=1S/C14H22ClNO2/c1-4-7-18-14-6-5-12(15)8-13(14)16-9-11(2)10-17-3/h5-6,8,11,16H,4,7,9-10H2,1-3H3. The molecule has 0 saturated carbocycles. The molecule has 102 valence electrons. The topological polar surface area (TPSA) is 30.5 Å². The van der Waals surface area contributed by atoms with Crippen LogP contribution in [0.4, 0.5) is 5.69 Å². The second kappa shape index (κ2) is 8.22. The van der Waals surface area contributed by atoms with E-state index in [4.69, 9.17) is 21.1 Å². The average molecular weight is 272 g/mol. The molecule has 0 saturated heterocycles. The van der Waals surface area contributed by atoms with Crippen LogP contribution < -0.4 is 10.1 Å². The second-order valence-corrected chi connectivity index (χ2v) is 4.87. The first-order valence-corrected chi connectivity index (χ1v) is 6.70. The molecular formula is C14H22ClNO2. The summed E-state index contributed by atoms with van der Waals surface area (Å²) in [5.41, 5.74) is 0.943. The molecule has 0 aliphatic rings. The number of hydrogen-bond donors (Lipinski definition) is 1. The molecule has 1 N–H and O–H groups in total. The number of nitrogens with one attached hydrogen (secondary N) is 1. The SMILES string of the molecule is CCCOc1ccc(Cl)cc1NCC(C)COC. The van der Waals surface area contributed by atoms with Gasteiger partial charge >= 0.3 is 0 Å². The van der Waals surface area contributed by atoms with Crippen LogP contribution in [-0.4, -0.2) is 26.9 Å². The van der Waals surface area contributed by atoms with Gasteiger partial charge < -0.3 is 14.8 Å². The van der Waals surface area contributed by atoms with Gasteiger partial charge in [-0.2, -0.15) is 0 Å². The first kappa shape index (κ1) is 15.1. The van der Waals surface area contributed by atoms with Gasteiger partial charge in [0.15, 0.2) is 0 Å². The summed E-state index contributed by atoms with van der Waals surface area (Å²) in [4.78, 5) is 0. The van der Waals surface area contributed by atoms with Crippen molar-refractivity contribution in [2.75, 3.05) is 32.2 Å². The van der Waals surface area contributed by atoms with Gasteiger partial charge in [-0.25, -0.2) is 0 Å². The Morgan fingerprint density at radius 1 is 1.39 bits per heavy atom. The van der Waals surface area contributed by atoms with Gasteiger partial charge in [-0.1, -0.05) is 25.4 Å². The van der Waals surface area contributed by atoms with E-state index in [0.717, 1.165) is 31.0 Å². The molecule has 0 fully saturated rings. The van der Waals surface area contributed by atoms with Crippen molar-refractivity contribution in [3.05, 3.63) is 23.2 Å². The number of rotatable bonds is 8. The number of hydrogen-bond acceptors (Lipinski definition) is 3. The second-order valence-electron chi connectivity index (χ2n) is 4.43. The van der Waals surface area contributed by atoms with Crippen molar-refractivity contribution in [1.82, 2.24) is 0 Å². The summed E-state index contributed by atoms with van der Waals surface area (Å²) >= 11 is 6.01. The van der Waals surface area contributed by atoms with E-state index in [2.05, 4.69) is 19.2 Å². The first-order valence-electron chi connectivity index (χ1n) is 6.32. The smallest absolute Gasteiger partial charge is 0.142 e. The Kier molecular flexibility index (Phi) is 6.91. The molecule has 0 aliphatic carbocycles. The third kappa shape index (κ3) is 5.15. The number of anilines is 1. The largest absolute Gasteiger partial charge is 0.491 e. The normalized spacial score (nSPS) is 12.2. The molecule has 0 radical (unpaired) electrons. The fourth-order valence-electron chi connectivity index (χ4n) is 1.61. The lowest BCUT2D eigenvalue weighted by molar-refractivity contribution is 0.164. The zero-order chi connectivity index (χ0) is 13.4. The van der Waals surface area contributed by atoms with Gasteiger partial charge in [0.1, 0.15) is 5.75 Å². The van der Waals surface area contributed by atoms with E-state index in [0.29, 0.717) is 17.5 Å². The van der Waals surface area contributed by atoms with E-state index in [-0.39, 0.29) is 0 Å². The highest BCUT2D eigenvalue weighted by Gasteiger charge is 2.07. The van der Waals surface area contributed by atoms with Crippen LogP contribution >= 0.6 is 11.6 Å². The quantitative estimate of drug-likeness (QED) is 0.780. The molecule has 0 amide bonds. The summed E-state index contributed by atoms with van der Waals surface area (Å²) in [6, 6.07) is 5.64. The maximum absolute atomic E-state index is 6.01. The fourth-order valence-corrected chi connectivity index (χ4v) is 1.78. The van der Waals surface area contributed by atoms with Crippen molar-refractivity contribution in [1.29, 1.82) is 0 Å².